The molecule has 0 aromatic carbocycles. The molecule has 1 saturated carbocycles. The number of nitrogens with one attached hydrogen (secondary N) is 2. The summed E-state index contributed by atoms with van der Waals surface area (Å²) in [6.45, 7) is 0. The van der Waals surface area contributed by atoms with Gasteiger partial charge in [-0.05, 0) is 53.4 Å². The summed E-state index contributed by atoms with van der Waals surface area (Å²) in [6.07, 6.45) is 8.07. The lowest BCUT2D eigenvalue weighted by Gasteiger charge is -2.15. The Bertz CT molecular complexity index is 958. The van der Waals surface area contributed by atoms with Crippen molar-refractivity contribution in [1.29, 1.82) is 0 Å². The zero-order chi connectivity index (χ0) is 18.6. The quantitative estimate of drug-likeness (QED) is 0.645. The number of pyridine rings is 2. The van der Waals surface area contributed by atoms with E-state index in [-0.39, 0.29) is 5.56 Å². The van der Waals surface area contributed by atoms with Crippen molar-refractivity contribution in [3.63, 3.8) is 0 Å². The zero-order valence-electron chi connectivity index (χ0n) is 14.4. The van der Waals surface area contributed by atoms with Crippen molar-refractivity contribution in [3.05, 3.63) is 63.9 Å². The van der Waals surface area contributed by atoms with Crippen LogP contribution in [-0.4, -0.2) is 36.8 Å². The van der Waals surface area contributed by atoms with Gasteiger partial charge < -0.3 is 10.6 Å². The first kappa shape index (κ1) is 17.6. The van der Waals surface area contributed by atoms with Crippen LogP contribution < -0.4 is 16.2 Å². The van der Waals surface area contributed by atoms with E-state index in [0.717, 1.165) is 30.8 Å². The van der Waals surface area contributed by atoms with Gasteiger partial charge in [-0.3, -0.25) is 9.36 Å². The molecule has 3 aromatic rings. The van der Waals surface area contributed by atoms with E-state index in [1.807, 2.05) is 18.2 Å². The average Bonchev–Trinajstić information content (AvgIpc) is 3.12. The first-order valence-corrected chi connectivity index (χ1v) is 9.49. The Kier molecular flexibility index (Phi) is 5.10. The van der Waals surface area contributed by atoms with Gasteiger partial charge in [-0.1, -0.05) is 6.07 Å². The fourth-order valence-corrected chi connectivity index (χ4v) is 3.40. The standard InChI is InChI=1S/C18H18BrN7O/c19-15-11-21-18(25-24-15)23-13-5-4-12(9-13)22-16-7-6-14(10-20-16)26-8-2-1-3-17(26)27/h1-3,6-8,10-13H,4-5,9H2,(H,20,22)(H,21,23,25)/t12-,13-/m0/s1. The third-order valence-electron chi connectivity index (χ3n) is 4.50. The molecule has 3 aromatic heterocycles. The van der Waals surface area contributed by atoms with E-state index in [2.05, 4.69) is 46.7 Å². The maximum Gasteiger partial charge on any atom is 0.255 e. The minimum Gasteiger partial charge on any atom is -0.367 e. The summed E-state index contributed by atoms with van der Waals surface area (Å²) in [4.78, 5) is 20.5. The molecule has 3 heterocycles. The zero-order valence-corrected chi connectivity index (χ0v) is 16.0. The first-order valence-electron chi connectivity index (χ1n) is 8.70. The minimum absolute atomic E-state index is 0.0747. The molecule has 1 fully saturated rings. The Labute approximate surface area is 164 Å². The van der Waals surface area contributed by atoms with Crippen molar-refractivity contribution in [2.75, 3.05) is 10.6 Å². The molecular weight excluding hydrogens is 410 g/mol. The second-order valence-electron chi connectivity index (χ2n) is 6.41. The summed E-state index contributed by atoms with van der Waals surface area (Å²) in [5.74, 6) is 1.34. The van der Waals surface area contributed by atoms with Crippen molar-refractivity contribution >= 4 is 27.7 Å². The molecule has 9 heteroatoms. The van der Waals surface area contributed by atoms with E-state index in [1.54, 1.807) is 29.2 Å². The second kappa shape index (κ2) is 7.83. The molecule has 4 rings (SSSR count). The Morgan fingerprint density at radius 3 is 2.56 bits per heavy atom. The largest absolute Gasteiger partial charge is 0.367 e. The van der Waals surface area contributed by atoms with Crippen molar-refractivity contribution < 1.29 is 0 Å². The number of hydrogen-bond donors (Lipinski definition) is 2. The van der Waals surface area contributed by atoms with Gasteiger partial charge in [0.1, 0.15) is 10.4 Å². The molecule has 8 nitrogen and oxygen atoms in total. The normalized spacial score (nSPS) is 19.0. The second-order valence-corrected chi connectivity index (χ2v) is 7.22. The molecule has 0 radical (unpaired) electrons. The van der Waals surface area contributed by atoms with Gasteiger partial charge in [-0.25, -0.2) is 9.97 Å². The van der Waals surface area contributed by atoms with Crippen LogP contribution in [-0.2, 0) is 0 Å². The highest BCUT2D eigenvalue weighted by Crippen LogP contribution is 2.24. The number of anilines is 2. The highest BCUT2D eigenvalue weighted by molar-refractivity contribution is 9.10. The van der Waals surface area contributed by atoms with E-state index >= 15 is 0 Å². The molecule has 0 bridgehead atoms. The third kappa shape index (κ3) is 4.30. The molecular formula is C18H18BrN7O. The molecule has 2 N–H and O–H groups in total. The maximum atomic E-state index is 11.9. The van der Waals surface area contributed by atoms with Crippen molar-refractivity contribution in [2.24, 2.45) is 0 Å². The predicted molar refractivity (Wildman–Crippen MR) is 106 cm³/mol. The molecule has 1 aliphatic rings. The van der Waals surface area contributed by atoms with Crippen LogP contribution in [0.1, 0.15) is 19.3 Å². The maximum absolute atomic E-state index is 11.9. The monoisotopic (exact) mass is 427 g/mol. The van der Waals surface area contributed by atoms with E-state index in [0.29, 0.717) is 22.6 Å². The van der Waals surface area contributed by atoms with Crippen LogP contribution in [0.2, 0.25) is 0 Å². The van der Waals surface area contributed by atoms with Gasteiger partial charge in [-0.2, -0.15) is 0 Å². The first-order chi connectivity index (χ1) is 13.2. The van der Waals surface area contributed by atoms with Crippen LogP contribution >= 0.6 is 15.9 Å². The molecule has 0 aliphatic heterocycles. The van der Waals surface area contributed by atoms with Gasteiger partial charge in [-0.15, -0.1) is 10.2 Å². The highest BCUT2D eigenvalue weighted by Gasteiger charge is 2.25. The Hall–Kier alpha value is -2.81. The van der Waals surface area contributed by atoms with E-state index in [4.69, 9.17) is 0 Å². The topological polar surface area (TPSA) is 97.6 Å². The lowest BCUT2D eigenvalue weighted by atomic mass is 10.2. The molecule has 1 aliphatic carbocycles. The Morgan fingerprint density at radius 1 is 1.00 bits per heavy atom. The summed E-state index contributed by atoms with van der Waals surface area (Å²) in [5, 5.41) is 14.7. The van der Waals surface area contributed by atoms with Crippen molar-refractivity contribution in [2.45, 2.75) is 31.3 Å². The van der Waals surface area contributed by atoms with Crippen LogP contribution in [0.4, 0.5) is 11.8 Å². The third-order valence-corrected chi connectivity index (χ3v) is 4.86. The summed E-state index contributed by atoms with van der Waals surface area (Å²) in [5.41, 5.74) is 0.673. The van der Waals surface area contributed by atoms with Crippen molar-refractivity contribution in [1.82, 2.24) is 24.7 Å². The van der Waals surface area contributed by atoms with Crippen LogP contribution in [0.15, 0.2) is 58.3 Å². The highest BCUT2D eigenvalue weighted by atomic mass is 79.9. The molecule has 0 spiro atoms. The number of rotatable bonds is 5. The van der Waals surface area contributed by atoms with Gasteiger partial charge in [0.05, 0.1) is 18.1 Å². The SMILES string of the molecule is O=c1ccccn1-c1ccc(N[C@H]2CC[C@H](Nc3ncc(Br)nn3)C2)nc1. The predicted octanol–water partition coefficient (Wildman–Crippen LogP) is 2.63. The molecule has 0 saturated heterocycles. The number of nitrogens with zero attached hydrogens (tertiary/aromatic N) is 5. The molecule has 2 atom stereocenters. The fraction of sp³-hybridized carbons (Fsp3) is 0.278. The van der Waals surface area contributed by atoms with E-state index < -0.39 is 0 Å². The van der Waals surface area contributed by atoms with E-state index in [9.17, 15) is 4.79 Å². The summed E-state index contributed by atoms with van der Waals surface area (Å²) < 4.78 is 2.18. The summed E-state index contributed by atoms with van der Waals surface area (Å²) >= 11 is 3.23. The van der Waals surface area contributed by atoms with Gasteiger partial charge in [0, 0.05) is 24.3 Å². The van der Waals surface area contributed by atoms with Crippen LogP contribution in [0.5, 0.6) is 0 Å². The summed E-state index contributed by atoms with van der Waals surface area (Å²) in [7, 11) is 0. The van der Waals surface area contributed by atoms with Crippen molar-refractivity contribution in [3.8, 4) is 5.69 Å². The lowest BCUT2D eigenvalue weighted by Crippen LogP contribution is -2.22. The van der Waals surface area contributed by atoms with Gasteiger partial charge in [0.25, 0.3) is 5.56 Å². The fourth-order valence-electron chi connectivity index (χ4n) is 3.22. The van der Waals surface area contributed by atoms with Gasteiger partial charge in [0.2, 0.25) is 5.95 Å². The summed E-state index contributed by atoms with van der Waals surface area (Å²) in [6, 6.07) is 9.49. The lowest BCUT2D eigenvalue weighted by molar-refractivity contribution is 0.712. The van der Waals surface area contributed by atoms with Crippen LogP contribution in [0, 0.1) is 0 Å². The number of aromatic nitrogens is 5. The number of halogens is 1. The molecule has 0 unspecified atom stereocenters. The van der Waals surface area contributed by atoms with E-state index in [1.165, 1.54) is 6.07 Å². The Morgan fingerprint density at radius 2 is 1.85 bits per heavy atom. The number of hydrogen-bond acceptors (Lipinski definition) is 7. The molecule has 0 amide bonds. The molecule has 138 valence electrons. The molecule has 27 heavy (non-hydrogen) atoms. The Balaban J connectivity index is 1.35. The smallest absolute Gasteiger partial charge is 0.255 e. The van der Waals surface area contributed by atoms with Crippen LogP contribution in [0.25, 0.3) is 5.69 Å². The van der Waals surface area contributed by atoms with Gasteiger partial charge >= 0.3 is 0 Å². The van der Waals surface area contributed by atoms with Crippen LogP contribution in [0.3, 0.4) is 0 Å². The van der Waals surface area contributed by atoms with Gasteiger partial charge in [0.15, 0.2) is 0 Å². The average molecular weight is 428 g/mol. The minimum atomic E-state index is -0.0747.